The second kappa shape index (κ2) is 11.8. The Hall–Kier alpha value is -3.54. The number of pyridine rings is 1. The van der Waals surface area contributed by atoms with E-state index in [0.29, 0.717) is 17.0 Å². The van der Waals surface area contributed by atoms with Gasteiger partial charge in [0.05, 0.1) is 17.5 Å². The first-order valence-corrected chi connectivity index (χ1v) is 15.4. The van der Waals surface area contributed by atoms with E-state index in [1.165, 1.54) is 17.0 Å². The second-order valence-electron chi connectivity index (χ2n) is 10.5. The lowest BCUT2D eigenvalue weighted by Crippen LogP contribution is -2.53. The van der Waals surface area contributed by atoms with Crippen LogP contribution in [0.4, 0.5) is 0 Å². The van der Waals surface area contributed by atoms with Gasteiger partial charge in [0, 0.05) is 30.5 Å². The van der Waals surface area contributed by atoms with Crippen LogP contribution in [-0.4, -0.2) is 76.9 Å². The van der Waals surface area contributed by atoms with Crippen molar-refractivity contribution >= 4 is 50.1 Å². The van der Waals surface area contributed by atoms with E-state index < -0.39 is 40.5 Å². The number of piperidine rings is 1. The molecule has 0 spiro atoms. The van der Waals surface area contributed by atoms with Crippen LogP contribution < -0.4 is 5.73 Å². The summed E-state index contributed by atoms with van der Waals surface area (Å²) in [5, 5.41) is 1.90. The first-order valence-electron chi connectivity index (χ1n) is 13.6. The van der Waals surface area contributed by atoms with Crippen LogP contribution >= 0.6 is 11.6 Å². The quantitative estimate of drug-likeness (QED) is 0.424. The highest BCUT2D eigenvalue weighted by atomic mass is 35.5. The molecular weight excluding hydrogens is 566 g/mol. The smallest absolute Gasteiger partial charge is 0.245 e. The molecule has 0 bridgehead atoms. The number of fused-ring (bicyclic) bond motifs is 1. The van der Waals surface area contributed by atoms with Crippen molar-refractivity contribution in [2.75, 3.05) is 19.6 Å². The fraction of sp³-hybridized carbons (Fsp3) is 0.379. The topological polar surface area (TPSA) is 134 Å². The molecule has 5 rings (SSSR count). The molecule has 41 heavy (non-hydrogen) atoms. The zero-order valence-electron chi connectivity index (χ0n) is 22.6. The van der Waals surface area contributed by atoms with Crippen LogP contribution in [0.1, 0.15) is 44.2 Å². The van der Waals surface area contributed by atoms with Crippen molar-refractivity contribution in [1.82, 2.24) is 19.1 Å². The zero-order chi connectivity index (χ0) is 29.3. The standard InChI is InChI=1S/C29H32ClN5O5S/c1-19(28(37)34-13-3-2-6-25(34)22-5-4-12-32-17-22)33-14-11-26(29(33)38)35(18-27(31)36)41(39,40)24-10-8-20-15-23(30)9-7-21(20)16-24/h4-5,7-10,12,15-17,19,25-26H,2-3,6,11,13-14,18H2,1H3,(H2,31,36)/t19-,25?,26-/m0/s1. The number of amides is 3. The summed E-state index contributed by atoms with van der Waals surface area (Å²) >= 11 is 6.06. The molecule has 2 saturated heterocycles. The lowest BCUT2D eigenvalue weighted by Gasteiger charge is -2.39. The fourth-order valence-electron chi connectivity index (χ4n) is 5.83. The fourth-order valence-corrected chi connectivity index (χ4v) is 7.63. The first-order chi connectivity index (χ1) is 19.6. The number of primary amides is 1. The van der Waals surface area contributed by atoms with E-state index in [4.69, 9.17) is 17.3 Å². The van der Waals surface area contributed by atoms with Gasteiger partial charge in [0.2, 0.25) is 27.7 Å². The van der Waals surface area contributed by atoms with Crippen molar-refractivity contribution in [3.05, 3.63) is 71.5 Å². The molecule has 3 heterocycles. The van der Waals surface area contributed by atoms with E-state index in [9.17, 15) is 22.8 Å². The molecule has 2 aromatic carbocycles. The summed E-state index contributed by atoms with van der Waals surface area (Å²) in [6.45, 7) is 1.73. The molecule has 2 aliphatic heterocycles. The van der Waals surface area contributed by atoms with Gasteiger partial charge in [-0.2, -0.15) is 4.31 Å². The lowest BCUT2D eigenvalue weighted by atomic mass is 9.95. The number of benzene rings is 2. The van der Waals surface area contributed by atoms with E-state index in [2.05, 4.69) is 4.98 Å². The molecule has 0 saturated carbocycles. The molecule has 12 heteroatoms. The number of nitrogens with zero attached hydrogens (tertiary/aromatic N) is 4. The van der Waals surface area contributed by atoms with Gasteiger partial charge in [0.15, 0.2) is 0 Å². The minimum absolute atomic E-state index is 0.0726. The van der Waals surface area contributed by atoms with Crippen LogP contribution in [0.25, 0.3) is 10.8 Å². The number of likely N-dealkylation sites (tertiary alicyclic amines) is 2. The van der Waals surface area contributed by atoms with Gasteiger partial charge in [0.25, 0.3) is 0 Å². The van der Waals surface area contributed by atoms with Gasteiger partial charge in [0.1, 0.15) is 12.1 Å². The van der Waals surface area contributed by atoms with Gasteiger partial charge in [-0.1, -0.05) is 29.8 Å². The van der Waals surface area contributed by atoms with E-state index in [1.807, 2.05) is 12.1 Å². The van der Waals surface area contributed by atoms with Crippen LogP contribution in [-0.2, 0) is 24.4 Å². The highest BCUT2D eigenvalue weighted by molar-refractivity contribution is 7.89. The average molecular weight is 598 g/mol. The van der Waals surface area contributed by atoms with Gasteiger partial charge < -0.3 is 15.5 Å². The van der Waals surface area contributed by atoms with E-state index in [-0.39, 0.29) is 29.8 Å². The Labute approximate surface area is 244 Å². The molecule has 3 atom stereocenters. The molecule has 3 amide bonds. The number of rotatable bonds is 8. The maximum Gasteiger partial charge on any atom is 0.245 e. The highest BCUT2D eigenvalue weighted by Crippen LogP contribution is 2.33. The summed E-state index contributed by atoms with van der Waals surface area (Å²) in [4.78, 5) is 46.8. The Morgan fingerprint density at radius 3 is 2.59 bits per heavy atom. The van der Waals surface area contributed by atoms with Crippen molar-refractivity contribution in [1.29, 1.82) is 0 Å². The molecule has 2 aliphatic rings. The number of sulfonamides is 1. The summed E-state index contributed by atoms with van der Waals surface area (Å²) in [6, 6.07) is 11.2. The van der Waals surface area contributed by atoms with Gasteiger partial charge in [-0.25, -0.2) is 8.42 Å². The van der Waals surface area contributed by atoms with Crippen molar-refractivity contribution in [3.63, 3.8) is 0 Å². The van der Waals surface area contributed by atoms with Gasteiger partial charge in [-0.05, 0) is 79.3 Å². The van der Waals surface area contributed by atoms with E-state index in [0.717, 1.165) is 34.5 Å². The summed E-state index contributed by atoms with van der Waals surface area (Å²) in [5.41, 5.74) is 6.39. The van der Waals surface area contributed by atoms with Gasteiger partial charge in [-0.15, -0.1) is 0 Å². The molecule has 3 aromatic rings. The van der Waals surface area contributed by atoms with Crippen molar-refractivity contribution in [2.24, 2.45) is 5.73 Å². The van der Waals surface area contributed by atoms with Crippen LogP contribution in [0.5, 0.6) is 0 Å². The minimum atomic E-state index is -4.30. The number of halogens is 1. The summed E-state index contributed by atoms with van der Waals surface area (Å²) < 4.78 is 28.5. The van der Waals surface area contributed by atoms with Gasteiger partial charge >= 0.3 is 0 Å². The van der Waals surface area contributed by atoms with Crippen molar-refractivity contribution in [3.8, 4) is 0 Å². The molecule has 2 fully saturated rings. The number of aromatic nitrogens is 1. The second-order valence-corrected chi connectivity index (χ2v) is 12.8. The maximum absolute atomic E-state index is 13.8. The number of carbonyl (C=O) groups is 3. The molecule has 10 nitrogen and oxygen atoms in total. The molecule has 216 valence electrons. The van der Waals surface area contributed by atoms with E-state index >= 15 is 0 Å². The molecule has 0 radical (unpaired) electrons. The highest BCUT2D eigenvalue weighted by Gasteiger charge is 2.46. The normalized spacial score (nSPS) is 20.5. The molecular formula is C29H32ClN5O5S. The third-order valence-electron chi connectivity index (χ3n) is 7.93. The Bertz CT molecular complexity index is 1580. The lowest BCUT2D eigenvalue weighted by molar-refractivity contribution is -0.146. The maximum atomic E-state index is 13.8. The monoisotopic (exact) mass is 597 g/mol. The van der Waals surface area contributed by atoms with Gasteiger partial charge in [-0.3, -0.25) is 19.4 Å². The third kappa shape index (κ3) is 5.79. The third-order valence-corrected chi connectivity index (χ3v) is 10.0. The Kier molecular flexibility index (Phi) is 8.30. The number of hydrogen-bond acceptors (Lipinski definition) is 6. The van der Waals surface area contributed by atoms with E-state index in [1.54, 1.807) is 48.5 Å². The largest absolute Gasteiger partial charge is 0.369 e. The SMILES string of the molecule is C[C@@H](C(=O)N1CCCCC1c1cccnc1)N1CC[C@H](N(CC(N)=O)S(=O)(=O)c2ccc3cc(Cl)ccc3c2)C1=O. The van der Waals surface area contributed by atoms with Crippen molar-refractivity contribution < 1.29 is 22.8 Å². The average Bonchev–Trinajstić information content (AvgIpc) is 3.35. The molecule has 2 N–H and O–H groups in total. The van der Waals surface area contributed by atoms with Crippen molar-refractivity contribution in [2.45, 2.75) is 55.6 Å². The first kappa shape index (κ1) is 29.0. The predicted molar refractivity (Wildman–Crippen MR) is 154 cm³/mol. The number of nitrogens with two attached hydrogens (primary N) is 1. The minimum Gasteiger partial charge on any atom is -0.369 e. The Balaban J connectivity index is 1.39. The summed E-state index contributed by atoms with van der Waals surface area (Å²) in [6.07, 6.45) is 6.19. The number of hydrogen-bond donors (Lipinski definition) is 1. The Morgan fingerprint density at radius 2 is 1.85 bits per heavy atom. The van der Waals surface area contributed by atoms with Crippen LogP contribution in [0.2, 0.25) is 5.02 Å². The van der Waals surface area contributed by atoms with Crippen LogP contribution in [0.15, 0.2) is 65.8 Å². The number of carbonyl (C=O) groups excluding carboxylic acids is 3. The zero-order valence-corrected chi connectivity index (χ0v) is 24.2. The Morgan fingerprint density at radius 1 is 1.10 bits per heavy atom. The summed E-state index contributed by atoms with van der Waals surface area (Å²) in [5.74, 6) is -1.62. The predicted octanol–water partition coefficient (Wildman–Crippen LogP) is 3.11. The summed E-state index contributed by atoms with van der Waals surface area (Å²) in [7, 11) is -4.30. The molecule has 1 unspecified atom stereocenters. The van der Waals surface area contributed by atoms with Crippen LogP contribution in [0.3, 0.4) is 0 Å². The molecule has 0 aliphatic carbocycles. The van der Waals surface area contributed by atoms with Crippen LogP contribution in [0, 0.1) is 0 Å². The molecule has 1 aromatic heterocycles.